The Kier molecular flexibility index (Phi) is 5.36. The molecule has 0 bridgehead atoms. The van der Waals surface area contributed by atoms with E-state index in [1.54, 1.807) is 30.3 Å². The summed E-state index contributed by atoms with van der Waals surface area (Å²) >= 11 is 7.27. The number of carbonyl (C=O) groups is 1. The average molecular weight is 475 g/mol. The fraction of sp³-hybridized carbons (Fsp3) is 0.263. The number of halogens is 4. The Morgan fingerprint density at radius 3 is 2.50 bits per heavy atom. The van der Waals surface area contributed by atoms with Crippen molar-refractivity contribution >= 4 is 50.0 Å². The number of fused-ring (bicyclic) bond motifs is 1. The van der Waals surface area contributed by atoms with Gasteiger partial charge in [-0.3, -0.25) is 4.79 Å². The van der Waals surface area contributed by atoms with Crippen molar-refractivity contribution in [3.05, 3.63) is 64.7 Å². The van der Waals surface area contributed by atoms with E-state index >= 15 is 0 Å². The van der Waals surface area contributed by atoms with Gasteiger partial charge in [0.15, 0.2) is 15.0 Å². The number of hydrogen-bond acceptors (Lipinski definition) is 4. The molecule has 0 radical (unpaired) electrons. The van der Waals surface area contributed by atoms with Crippen LogP contribution in [0.2, 0.25) is 5.02 Å². The van der Waals surface area contributed by atoms with Crippen molar-refractivity contribution in [3.63, 3.8) is 0 Å². The van der Waals surface area contributed by atoms with Crippen LogP contribution >= 0.6 is 23.4 Å². The highest BCUT2D eigenvalue weighted by atomic mass is 35.5. The van der Waals surface area contributed by atoms with Gasteiger partial charge in [-0.05, 0) is 30.3 Å². The third kappa shape index (κ3) is 4.08. The molecule has 0 unspecified atom stereocenters. The van der Waals surface area contributed by atoms with Crippen LogP contribution in [0.1, 0.15) is 15.9 Å². The number of benzene rings is 2. The predicted molar refractivity (Wildman–Crippen MR) is 111 cm³/mol. The second kappa shape index (κ2) is 7.58. The highest BCUT2D eigenvalue weighted by Crippen LogP contribution is 2.44. The minimum absolute atomic E-state index is 0.00779. The summed E-state index contributed by atoms with van der Waals surface area (Å²) in [4.78, 5) is 18.0. The zero-order valence-electron chi connectivity index (χ0n) is 15.1. The second-order valence-corrected chi connectivity index (χ2v) is 10.7. The Labute approximate surface area is 179 Å². The Balaban J connectivity index is 1.80. The van der Waals surface area contributed by atoms with Gasteiger partial charge in [-0.25, -0.2) is 8.42 Å². The van der Waals surface area contributed by atoms with Crippen LogP contribution in [-0.2, 0) is 16.0 Å². The van der Waals surface area contributed by atoms with E-state index in [9.17, 15) is 26.4 Å². The summed E-state index contributed by atoms with van der Waals surface area (Å²) in [5.74, 6) is -0.974. The van der Waals surface area contributed by atoms with E-state index in [2.05, 4.69) is 4.99 Å². The molecule has 2 atom stereocenters. The molecule has 0 N–H and O–H groups in total. The summed E-state index contributed by atoms with van der Waals surface area (Å²) in [5, 5.41) is -0.314. The first-order chi connectivity index (χ1) is 14.0. The minimum Gasteiger partial charge on any atom is -0.314 e. The van der Waals surface area contributed by atoms with E-state index in [-0.39, 0.29) is 27.4 Å². The van der Waals surface area contributed by atoms with Crippen molar-refractivity contribution in [3.8, 4) is 0 Å². The molecule has 2 saturated heterocycles. The Hall–Kier alpha value is -2.04. The number of amides is 1. The number of amidine groups is 1. The van der Waals surface area contributed by atoms with Gasteiger partial charge in [0.05, 0.1) is 33.8 Å². The normalized spacial score (nSPS) is 24.3. The van der Waals surface area contributed by atoms with Crippen LogP contribution in [0, 0.1) is 0 Å². The lowest BCUT2D eigenvalue weighted by Gasteiger charge is -2.26. The zero-order chi connectivity index (χ0) is 21.7. The van der Waals surface area contributed by atoms with Crippen LogP contribution < -0.4 is 4.90 Å². The average Bonchev–Trinajstić information content (AvgIpc) is 3.13. The molecule has 2 heterocycles. The number of carbonyl (C=O) groups excluding carboxylic acids is 1. The van der Waals surface area contributed by atoms with Crippen molar-refractivity contribution in [2.45, 2.75) is 17.5 Å². The fourth-order valence-corrected chi connectivity index (χ4v) is 7.57. The monoisotopic (exact) mass is 474 g/mol. The molecule has 30 heavy (non-hydrogen) atoms. The SMILES string of the molecule is O=C(N=C1S[C@H]2CS(=O)(=O)C[C@H]2N1c1cc(C(F)(F)F)ccc1Cl)c1ccccc1. The number of thioether (sulfide) groups is 1. The van der Waals surface area contributed by atoms with Gasteiger partial charge in [0, 0.05) is 10.8 Å². The van der Waals surface area contributed by atoms with E-state index in [1.807, 2.05) is 0 Å². The number of alkyl halides is 3. The molecule has 2 aliphatic heterocycles. The molecular formula is C19H14ClF3N2O3S2. The Morgan fingerprint density at radius 2 is 1.83 bits per heavy atom. The standard InChI is InChI=1S/C19H14ClF3N2O3S2/c20-13-7-6-12(19(21,22)23)8-14(13)25-15-9-30(27,28)10-16(15)29-18(25)24-17(26)11-4-2-1-3-5-11/h1-8,15-16H,9-10H2/t15-,16+/m1/s1. The number of sulfone groups is 1. The molecule has 0 aromatic heterocycles. The highest BCUT2D eigenvalue weighted by Gasteiger charge is 2.50. The lowest BCUT2D eigenvalue weighted by atomic mass is 10.1. The van der Waals surface area contributed by atoms with E-state index in [1.165, 1.54) is 4.90 Å². The van der Waals surface area contributed by atoms with Crippen molar-refractivity contribution < 1.29 is 26.4 Å². The van der Waals surface area contributed by atoms with Crippen molar-refractivity contribution in [2.75, 3.05) is 16.4 Å². The zero-order valence-corrected chi connectivity index (χ0v) is 17.5. The molecule has 1 amide bonds. The lowest BCUT2D eigenvalue weighted by Crippen LogP contribution is -2.38. The topological polar surface area (TPSA) is 66.8 Å². The van der Waals surface area contributed by atoms with Crippen LogP contribution in [0.5, 0.6) is 0 Å². The van der Waals surface area contributed by atoms with Gasteiger partial charge in [-0.15, -0.1) is 0 Å². The van der Waals surface area contributed by atoms with E-state index in [4.69, 9.17) is 11.6 Å². The summed E-state index contributed by atoms with van der Waals surface area (Å²) in [6.45, 7) is 0. The first-order valence-electron chi connectivity index (χ1n) is 8.76. The molecule has 2 aromatic rings. The second-order valence-electron chi connectivity index (χ2n) is 6.90. The summed E-state index contributed by atoms with van der Waals surface area (Å²) in [5.41, 5.74) is -0.640. The third-order valence-electron chi connectivity index (χ3n) is 4.82. The first kappa shape index (κ1) is 21.2. The molecular weight excluding hydrogens is 461 g/mol. The van der Waals surface area contributed by atoms with Gasteiger partial charge in [0.25, 0.3) is 5.91 Å². The van der Waals surface area contributed by atoms with Crippen LogP contribution in [0.15, 0.2) is 53.5 Å². The Morgan fingerprint density at radius 1 is 1.13 bits per heavy atom. The Bertz CT molecular complexity index is 1140. The minimum atomic E-state index is -4.61. The third-order valence-corrected chi connectivity index (χ3v) is 8.35. The maximum absolute atomic E-state index is 13.3. The van der Waals surface area contributed by atoms with Crippen LogP contribution in [0.3, 0.4) is 0 Å². The molecule has 0 aliphatic carbocycles. The van der Waals surface area contributed by atoms with Crippen molar-refractivity contribution in [1.29, 1.82) is 0 Å². The van der Waals surface area contributed by atoms with Gasteiger partial charge < -0.3 is 4.90 Å². The van der Waals surface area contributed by atoms with Crippen LogP contribution in [0.25, 0.3) is 0 Å². The largest absolute Gasteiger partial charge is 0.416 e. The van der Waals surface area contributed by atoms with Crippen molar-refractivity contribution in [2.24, 2.45) is 4.99 Å². The van der Waals surface area contributed by atoms with Gasteiger partial charge in [-0.1, -0.05) is 41.6 Å². The van der Waals surface area contributed by atoms with Crippen LogP contribution in [-0.4, -0.2) is 42.3 Å². The maximum Gasteiger partial charge on any atom is 0.416 e. The maximum atomic E-state index is 13.3. The highest BCUT2D eigenvalue weighted by molar-refractivity contribution is 8.16. The number of rotatable bonds is 2. The molecule has 5 nitrogen and oxygen atoms in total. The predicted octanol–water partition coefficient (Wildman–Crippen LogP) is 4.27. The summed E-state index contributed by atoms with van der Waals surface area (Å²) in [6.07, 6.45) is -4.61. The molecule has 2 fully saturated rings. The molecule has 11 heteroatoms. The fourth-order valence-electron chi connectivity index (χ4n) is 3.45. The van der Waals surface area contributed by atoms with E-state index < -0.39 is 38.8 Å². The summed E-state index contributed by atoms with van der Waals surface area (Å²) < 4.78 is 64.0. The molecule has 2 aromatic carbocycles. The summed E-state index contributed by atoms with van der Waals surface area (Å²) in [6, 6.07) is 10.4. The van der Waals surface area contributed by atoms with Gasteiger partial charge >= 0.3 is 6.18 Å². The quantitative estimate of drug-likeness (QED) is 0.650. The van der Waals surface area contributed by atoms with E-state index in [0.29, 0.717) is 5.56 Å². The smallest absolute Gasteiger partial charge is 0.314 e. The molecule has 2 aliphatic rings. The van der Waals surface area contributed by atoms with Gasteiger partial charge in [0.1, 0.15) is 0 Å². The van der Waals surface area contributed by atoms with Gasteiger partial charge in [-0.2, -0.15) is 18.2 Å². The number of nitrogens with zero attached hydrogens (tertiary/aromatic N) is 2. The van der Waals surface area contributed by atoms with Crippen molar-refractivity contribution in [1.82, 2.24) is 0 Å². The van der Waals surface area contributed by atoms with Gasteiger partial charge in [0.2, 0.25) is 0 Å². The molecule has 0 saturated carbocycles. The van der Waals surface area contributed by atoms with E-state index in [0.717, 1.165) is 30.0 Å². The molecule has 4 rings (SSSR count). The number of aliphatic imine (C=N–C) groups is 1. The molecule has 158 valence electrons. The molecule has 0 spiro atoms. The lowest BCUT2D eigenvalue weighted by molar-refractivity contribution is -0.137. The first-order valence-corrected chi connectivity index (χ1v) is 11.8. The number of anilines is 1. The number of hydrogen-bond donors (Lipinski definition) is 0. The summed E-state index contributed by atoms with van der Waals surface area (Å²) in [7, 11) is -3.37. The van der Waals surface area contributed by atoms with Crippen LogP contribution in [0.4, 0.5) is 18.9 Å².